The van der Waals surface area contributed by atoms with Crippen LogP contribution in [0.3, 0.4) is 0 Å². The molecule has 2 aliphatic rings. The highest BCUT2D eigenvalue weighted by atomic mass is 15.1. The molecule has 0 heterocycles. The summed E-state index contributed by atoms with van der Waals surface area (Å²) in [4.78, 5) is 4.85. The van der Waals surface area contributed by atoms with Gasteiger partial charge in [-0.15, -0.1) is 0 Å². The lowest BCUT2D eigenvalue weighted by Gasteiger charge is -2.37. The van der Waals surface area contributed by atoms with Crippen LogP contribution in [0.15, 0.2) is 230 Å². The first-order chi connectivity index (χ1) is 30.1. The molecule has 0 fully saturated rings. The molecule has 2 nitrogen and oxygen atoms in total. The molecule has 2 heteroatoms. The third-order valence-corrected chi connectivity index (χ3v) is 12.9. The second kappa shape index (κ2) is 16.5. The molecule has 296 valence electrons. The van der Waals surface area contributed by atoms with Crippen LogP contribution in [0.1, 0.15) is 53.6 Å². The summed E-state index contributed by atoms with van der Waals surface area (Å²) < 4.78 is 0. The van der Waals surface area contributed by atoms with E-state index in [0.717, 1.165) is 36.4 Å². The minimum Gasteiger partial charge on any atom is -0.338 e. The Morgan fingerprint density at radius 1 is 0.492 bits per heavy atom. The molecule has 0 radical (unpaired) electrons. The average molecular weight is 787 g/mol. The van der Waals surface area contributed by atoms with Gasteiger partial charge in [0.05, 0.1) is 5.41 Å². The largest absolute Gasteiger partial charge is 0.338 e. The van der Waals surface area contributed by atoms with E-state index in [1.54, 1.807) is 0 Å². The van der Waals surface area contributed by atoms with E-state index in [4.69, 9.17) is 0 Å². The molecule has 0 N–H and O–H groups in total. The zero-order valence-electron chi connectivity index (χ0n) is 35.0. The first-order valence-corrected chi connectivity index (χ1v) is 21.8. The van der Waals surface area contributed by atoms with Gasteiger partial charge in [0.2, 0.25) is 0 Å². The Morgan fingerprint density at radius 3 is 1.61 bits per heavy atom. The molecule has 0 saturated heterocycles. The topological polar surface area (TPSA) is 6.48 Å². The molecular formula is C59H50N2. The number of anilines is 5. The summed E-state index contributed by atoms with van der Waals surface area (Å²) in [6.45, 7) is 5.34. The second-order valence-electron chi connectivity index (χ2n) is 16.4. The molecular weight excluding hydrogens is 737 g/mol. The van der Waals surface area contributed by atoms with E-state index in [-0.39, 0.29) is 0 Å². The fourth-order valence-corrected chi connectivity index (χ4v) is 9.81. The number of fused-ring (bicyclic) bond motifs is 6. The van der Waals surface area contributed by atoms with E-state index in [1.165, 1.54) is 67.0 Å². The predicted molar refractivity (Wildman–Crippen MR) is 258 cm³/mol. The first-order valence-electron chi connectivity index (χ1n) is 21.8. The molecule has 61 heavy (non-hydrogen) atoms. The molecule has 1 atom stereocenters. The third-order valence-electron chi connectivity index (χ3n) is 12.9. The molecule has 0 aromatic heterocycles. The van der Waals surface area contributed by atoms with Crippen LogP contribution in [0, 0.1) is 5.92 Å². The van der Waals surface area contributed by atoms with Gasteiger partial charge >= 0.3 is 0 Å². The minimum absolute atomic E-state index is 0.528. The summed E-state index contributed by atoms with van der Waals surface area (Å²) in [6.07, 6.45) is 6.63. The summed E-state index contributed by atoms with van der Waals surface area (Å²) in [7, 11) is 0. The zero-order valence-corrected chi connectivity index (χ0v) is 35.0. The number of benzene rings is 8. The van der Waals surface area contributed by atoms with Gasteiger partial charge in [-0.1, -0.05) is 184 Å². The van der Waals surface area contributed by atoms with Crippen molar-refractivity contribution in [2.75, 3.05) is 16.3 Å². The van der Waals surface area contributed by atoms with Crippen LogP contribution < -0.4 is 9.80 Å². The van der Waals surface area contributed by atoms with Crippen LogP contribution in [0.4, 0.5) is 28.4 Å². The van der Waals surface area contributed by atoms with E-state index in [2.05, 4.69) is 248 Å². The standard InChI is InChI=1S/C59H50N2/c1-3-43(2)22-21-39-60(47-27-13-6-14-28-47)50-37-38-54-56(42-50)59(45-23-9-4-10-24-45,46-25-11-5-12-26-46)57-40-44-35-36-51(41-55(44)52-33-19-20-34-53(52)58(54)57)61(48-29-15-7-16-30-48)49-31-17-8-18-32-49/h4-38,41-43H,3,39-40H2,1-2H3/b22-21-. The van der Waals surface area contributed by atoms with Gasteiger partial charge in [-0.05, 0) is 129 Å². The summed E-state index contributed by atoms with van der Waals surface area (Å²) in [5, 5.41) is 0. The second-order valence-corrected chi connectivity index (χ2v) is 16.4. The monoisotopic (exact) mass is 786 g/mol. The highest BCUT2D eigenvalue weighted by Crippen LogP contribution is 2.60. The van der Waals surface area contributed by atoms with E-state index in [9.17, 15) is 0 Å². The maximum atomic E-state index is 2.51. The predicted octanol–water partition coefficient (Wildman–Crippen LogP) is 15.3. The van der Waals surface area contributed by atoms with Gasteiger partial charge in [0.1, 0.15) is 0 Å². The van der Waals surface area contributed by atoms with E-state index in [1.807, 2.05) is 0 Å². The first kappa shape index (κ1) is 38.1. The normalized spacial score (nSPS) is 14.1. The number of hydrogen-bond donors (Lipinski definition) is 0. The maximum Gasteiger partial charge on any atom is 0.0680 e. The molecule has 0 amide bonds. The Balaban J connectivity index is 1.22. The van der Waals surface area contributed by atoms with Crippen LogP contribution in [0.25, 0.3) is 16.7 Å². The maximum absolute atomic E-state index is 2.51. The lowest BCUT2D eigenvalue weighted by Crippen LogP contribution is -2.31. The van der Waals surface area contributed by atoms with Crippen molar-refractivity contribution >= 4 is 34.0 Å². The lowest BCUT2D eigenvalue weighted by molar-refractivity contribution is 0.696. The number of para-hydroxylation sites is 3. The van der Waals surface area contributed by atoms with Crippen molar-refractivity contribution in [3.05, 3.63) is 263 Å². The highest BCUT2D eigenvalue weighted by molar-refractivity contribution is 6.01. The minimum atomic E-state index is -0.550. The average Bonchev–Trinajstić information content (AvgIpc) is 3.52. The Hall–Kier alpha value is -7.16. The molecule has 8 aromatic carbocycles. The molecule has 2 aliphatic carbocycles. The van der Waals surface area contributed by atoms with Crippen molar-refractivity contribution in [1.29, 1.82) is 0 Å². The molecule has 10 rings (SSSR count). The van der Waals surface area contributed by atoms with Crippen molar-refractivity contribution in [3.8, 4) is 11.1 Å². The van der Waals surface area contributed by atoms with E-state index >= 15 is 0 Å². The van der Waals surface area contributed by atoms with Gasteiger partial charge in [0.25, 0.3) is 0 Å². The smallest absolute Gasteiger partial charge is 0.0680 e. The fraction of sp³-hybridized carbons (Fsp3) is 0.119. The number of nitrogens with zero attached hydrogens (tertiary/aromatic N) is 2. The van der Waals surface area contributed by atoms with E-state index < -0.39 is 5.41 Å². The van der Waals surface area contributed by atoms with Crippen molar-refractivity contribution in [2.24, 2.45) is 5.92 Å². The van der Waals surface area contributed by atoms with Crippen LogP contribution >= 0.6 is 0 Å². The SMILES string of the molecule is CCC(C)/C=C\CN(c1ccccc1)c1ccc2c(c1)C(c1ccccc1)(c1ccccc1)C1=C2c2ccccc2-c2cc(N(c3ccccc3)c3ccccc3)ccc2C1. The molecule has 0 bridgehead atoms. The Kier molecular flexibility index (Phi) is 10.3. The fourth-order valence-electron chi connectivity index (χ4n) is 9.81. The van der Waals surface area contributed by atoms with Gasteiger partial charge in [-0.3, -0.25) is 0 Å². The van der Waals surface area contributed by atoms with Gasteiger partial charge in [0.15, 0.2) is 0 Å². The number of hydrogen-bond acceptors (Lipinski definition) is 2. The third kappa shape index (κ3) is 6.79. The van der Waals surface area contributed by atoms with Crippen LogP contribution in [-0.4, -0.2) is 6.54 Å². The summed E-state index contributed by atoms with van der Waals surface area (Å²) in [6, 6.07) is 78.4. The van der Waals surface area contributed by atoms with Crippen molar-refractivity contribution in [3.63, 3.8) is 0 Å². The van der Waals surface area contributed by atoms with E-state index in [0.29, 0.717) is 5.92 Å². The zero-order chi connectivity index (χ0) is 41.2. The van der Waals surface area contributed by atoms with Gasteiger partial charge in [-0.25, -0.2) is 0 Å². The summed E-state index contributed by atoms with van der Waals surface area (Å²) in [5.74, 6) is 0.528. The highest BCUT2D eigenvalue weighted by Gasteiger charge is 2.49. The lowest BCUT2D eigenvalue weighted by atomic mass is 9.65. The van der Waals surface area contributed by atoms with Gasteiger partial charge in [0, 0.05) is 35.0 Å². The molecule has 1 unspecified atom stereocenters. The Morgan fingerprint density at radius 2 is 1.02 bits per heavy atom. The van der Waals surface area contributed by atoms with Gasteiger partial charge < -0.3 is 9.80 Å². The van der Waals surface area contributed by atoms with Crippen LogP contribution in [-0.2, 0) is 11.8 Å². The van der Waals surface area contributed by atoms with Crippen molar-refractivity contribution < 1.29 is 0 Å². The van der Waals surface area contributed by atoms with Crippen molar-refractivity contribution in [2.45, 2.75) is 32.1 Å². The Labute approximate surface area is 361 Å². The van der Waals surface area contributed by atoms with Gasteiger partial charge in [-0.2, -0.15) is 0 Å². The quantitative estimate of drug-likeness (QED) is 0.121. The van der Waals surface area contributed by atoms with Crippen LogP contribution in [0.2, 0.25) is 0 Å². The summed E-state index contributed by atoms with van der Waals surface area (Å²) in [5.41, 5.74) is 18.3. The Bertz CT molecular complexity index is 2760. The molecule has 0 spiro atoms. The molecule has 0 aliphatic heterocycles. The number of rotatable bonds is 11. The summed E-state index contributed by atoms with van der Waals surface area (Å²) >= 11 is 0. The van der Waals surface area contributed by atoms with Crippen LogP contribution in [0.5, 0.6) is 0 Å². The molecule has 8 aromatic rings. The number of allylic oxidation sites excluding steroid dienone is 2. The molecule has 0 saturated carbocycles. The van der Waals surface area contributed by atoms with Crippen molar-refractivity contribution in [1.82, 2.24) is 0 Å².